The van der Waals surface area contributed by atoms with Gasteiger partial charge in [-0.25, -0.2) is 0 Å². The van der Waals surface area contributed by atoms with E-state index >= 15 is 0 Å². The molecule has 2 rings (SSSR count). The van der Waals surface area contributed by atoms with Crippen molar-refractivity contribution in [3.63, 3.8) is 0 Å². The van der Waals surface area contributed by atoms with Gasteiger partial charge in [-0.2, -0.15) is 0 Å². The van der Waals surface area contributed by atoms with Crippen molar-refractivity contribution in [1.29, 1.82) is 0 Å². The van der Waals surface area contributed by atoms with Crippen molar-refractivity contribution in [3.8, 4) is 5.75 Å². The van der Waals surface area contributed by atoms with Gasteiger partial charge in [0.25, 0.3) is 0 Å². The van der Waals surface area contributed by atoms with Gasteiger partial charge in [0.1, 0.15) is 5.75 Å². The summed E-state index contributed by atoms with van der Waals surface area (Å²) in [4.78, 5) is 2.48. The van der Waals surface area contributed by atoms with Gasteiger partial charge in [-0.3, -0.25) is 4.90 Å². The zero-order chi connectivity index (χ0) is 12.3. The predicted molar refractivity (Wildman–Crippen MR) is 70.2 cm³/mol. The Kier molecular flexibility index (Phi) is 4.02. The predicted octanol–water partition coefficient (Wildman–Crippen LogP) is 2.18. The number of likely N-dealkylation sites (tertiary alicyclic amines) is 1. The second-order valence-electron chi connectivity index (χ2n) is 4.87. The number of nitrogens with two attached hydrogens (primary N) is 1. The van der Waals surface area contributed by atoms with Crippen molar-refractivity contribution < 1.29 is 4.74 Å². The third-order valence-corrected chi connectivity index (χ3v) is 3.64. The SMILES string of the molecule is COc1cccc(C(N)CN2CCCC2C)c1. The minimum atomic E-state index is 0.0747. The summed E-state index contributed by atoms with van der Waals surface area (Å²) in [6, 6.07) is 8.81. The number of hydrogen-bond acceptors (Lipinski definition) is 3. The van der Waals surface area contributed by atoms with E-state index in [1.54, 1.807) is 7.11 Å². The molecule has 1 fully saturated rings. The Bertz CT molecular complexity index is 367. The van der Waals surface area contributed by atoms with Gasteiger partial charge in [0.2, 0.25) is 0 Å². The van der Waals surface area contributed by atoms with Gasteiger partial charge in [-0.1, -0.05) is 12.1 Å². The molecule has 1 aromatic carbocycles. The van der Waals surface area contributed by atoms with E-state index in [1.165, 1.54) is 19.4 Å². The summed E-state index contributed by atoms with van der Waals surface area (Å²) in [5, 5.41) is 0. The molecule has 0 spiro atoms. The smallest absolute Gasteiger partial charge is 0.119 e. The second-order valence-corrected chi connectivity index (χ2v) is 4.87. The number of hydrogen-bond donors (Lipinski definition) is 1. The van der Waals surface area contributed by atoms with Gasteiger partial charge in [0.15, 0.2) is 0 Å². The average molecular weight is 234 g/mol. The van der Waals surface area contributed by atoms with Crippen LogP contribution in [0.2, 0.25) is 0 Å². The fourth-order valence-corrected chi connectivity index (χ4v) is 2.49. The van der Waals surface area contributed by atoms with E-state index in [2.05, 4.69) is 17.9 Å². The summed E-state index contributed by atoms with van der Waals surface area (Å²) >= 11 is 0. The highest BCUT2D eigenvalue weighted by molar-refractivity contribution is 5.30. The van der Waals surface area contributed by atoms with E-state index in [0.29, 0.717) is 6.04 Å². The van der Waals surface area contributed by atoms with E-state index in [9.17, 15) is 0 Å². The summed E-state index contributed by atoms with van der Waals surface area (Å²) in [7, 11) is 1.69. The van der Waals surface area contributed by atoms with Crippen molar-refractivity contribution in [2.75, 3.05) is 20.2 Å². The highest BCUT2D eigenvalue weighted by Crippen LogP contribution is 2.22. The molecule has 1 aromatic rings. The van der Waals surface area contributed by atoms with Crippen LogP contribution in [0.1, 0.15) is 31.4 Å². The Morgan fingerprint density at radius 3 is 3.00 bits per heavy atom. The number of rotatable bonds is 4. The number of nitrogens with zero attached hydrogens (tertiary/aromatic N) is 1. The van der Waals surface area contributed by atoms with Gasteiger partial charge in [-0.15, -0.1) is 0 Å². The maximum absolute atomic E-state index is 6.26. The molecule has 3 heteroatoms. The molecule has 1 saturated heterocycles. The molecule has 0 amide bonds. The lowest BCUT2D eigenvalue weighted by molar-refractivity contribution is 0.252. The molecule has 1 aliphatic heterocycles. The van der Waals surface area contributed by atoms with E-state index < -0.39 is 0 Å². The molecule has 0 saturated carbocycles. The Hall–Kier alpha value is -1.06. The number of methoxy groups -OCH3 is 1. The van der Waals surface area contributed by atoms with Crippen LogP contribution in [0, 0.1) is 0 Å². The van der Waals surface area contributed by atoms with Crippen LogP contribution in [0.15, 0.2) is 24.3 Å². The molecule has 2 unspecified atom stereocenters. The first-order chi connectivity index (χ1) is 8.20. The summed E-state index contributed by atoms with van der Waals surface area (Å²) in [5.41, 5.74) is 7.42. The molecule has 0 radical (unpaired) electrons. The van der Waals surface area contributed by atoms with E-state index in [1.807, 2.05) is 18.2 Å². The molecular formula is C14H22N2O. The molecular weight excluding hydrogens is 212 g/mol. The normalized spacial score (nSPS) is 22.6. The molecule has 3 nitrogen and oxygen atoms in total. The first-order valence-corrected chi connectivity index (χ1v) is 6.34. The van der Waals surface area contributed by atoms with E-state index in [4.69, 9.17) is 10.5 Å². The van der Waals surface area contributed by atoms with Crippen LogP contribution in [0.3, 0.4) is 0 Å². The van der Waals surface area contributed by atoms with Crippen molar-refractivity contribution in [1.82, 2.24) is 4.90 Å². The Morgan fingerprint density at radius 1 is 1.53 bits per heavy atom. The van der Waals surface area contributed by atoms with Gasteiger partial charge >= 0.3 is 0 Å². The van der Waals surface area contributed by atoms with Crippen LogP contribution in [0.5, 0.6) is 5.75 Å². The maximum Gasteiger partial charge on any atom is 0.119 e. The molecule has 2 N–H and O–H groups in total. The third-order valence-electron chi connectivity index (χ3n) is 3.64. The van der Waals surface area contributed by atoms with Gasteiger partial charge in [-0.05, 0) is 44.0 Å². The molecule has 2 atom stereocenters. The fraction of sp³-hybridized carbons (Fsp3) is 0.571. The average Bonchev–Trinajstić information content (AvgIpc) is 2.75. The molecule has 17 heavy (non-hydrogen) atoms. The lowest BCUT2D eigenvalue weighted by Crippen LogP contribution is -2.34. The summed E-state index contributed by atoms with van der Waals surface area (Å²) < 4.78 is 5.23. The Balaban J connectivity index is 2.00. The van der Waals surface area contributed by atoms with E-state index in [0.717, 1.165) is 17.9 Å². The summed E-state index contributed by atoms with van der Waals surface area (Å²) in [6.07, 6.45) is 2.59. The number of ether oxygens (including phenoxy) is 1. The Labute approximate surface area is 104 Å². The van der Waals surface area contributed by atoms with Crippen molar-refractivity contribution in [2.24, 2.45) is 5.73 Å². The van der Waals surface area contributed by atoms with Gasteiger partial charge < -0.3 is 10.5 Å². The molecule has 0 bridgehead atoms. The van der Waals surface area contributed by atoms with Crippen molar-refractivity contribution in [3.05, 3.63) is 29.8 Å². The monoisotopic (exact) mass is 234 g/mol. The first-order valence-electron chi connectivity index (χ1n) is 6.34. The quantitative estimate of drug-likeness (QED) is 0.868. The van der Waals surface area contributed by atoms with Gasteiger partial charge in [0, 0.05) is 18.6 Å². The lowest BCUT2D eigenvalue weighted by Gasteiger charge is -2.25. The fourth-order valence-electron chi connectivity index (χ4n) is 2.49. The molecule has 0 aromatic heterocycles. The summed E-state index contributed by atoms with van der Waals surface area (Å²) in [6.45, 7) is 4.40. The van der Waals surface area contributed by atoms with Crippen LogP contribution in [-0.4, -0.2) is 31.1 Å². The first kappa shape index (κ1) is 12.4. The molecule has 94 valence electrons. The lowest BCUT2D eigenvalue weighted by atomic mass is 10.1. The zero-order valence-corrected chi connectivity index (χ0v) is 10.7. The van der Waals surface area contributed by atoms with E-state index in [-0.39, 0.29) is 6.04 Å². The van der Waals surface area contributed by atoms with Crippen LogP contribution >= 0.6 is 0 Å². The standard InChI is InChI=1S/C14H22N2O/c1-11-5-4-8-16(11)10-14(15)12-6-3-7-13(9-12)17-2/h3,6-7,9,11,14H,4-5,8,10,15H2,1-2H3. The van der Waals surface area contributed by atoms with Crippen molar-refractivity contribution in [2.45, 2.75) is 31.8 Å². The topological polar surface area (TPSA) is 38.5 Å². The third kappa shape index (κ3) is 2.99. The zero-order valence-electron chi connectivity index (χ0n) is 10.7. The minimum absolute atomic E-state index is 0.0747. The Morgan fingerprint density at radius 2 is 2.35 bits per heavy atom. The van der Waals surface area contributed by atoms with Crippen LogP contribution < -0.4 is 10.5 Å². The highest BCUT2D eigenvalue weighted by atomic mass is 16.5. The second kappa shape index (κ2) is 5.52. The van der Waals surface area contributed by atoms with Crippen molar-refractivity contribution >= 4 is 0 Å². The highest BCUT2D eigenvalue weighted by Gasteiger charge is 2.22. The molecule has 1 heterocycles. The van der Waals surface area contributed by atoms with Crippen LogP contribution in [-0.2, 0) is 0 Å². The maximum atomic E-state index is 6.26. The molecule has 1 aliphatic rings. The van der Waals surface area contributed by atoms with Gasteiger partial charge in [0.05, 0.1) is 7.11 Å². The van der Waals surface area contributed by atoms with Crippen LogP contribution in [0.25, 0.3) is 0 Å². The minimum Gasteiger partial charge on any atom is -0.497 e. The molecule has 0 aliphatic carbocycles. The number of benzene rings is 1. The summed E-state index contributed by atoms with van der Waals surface area (Å²) in [5.74, 6) is 0.882. The largest absolute Gasteiger partial charge is 0.497 e. The van der Waals surface area contributed by atoms with Crippen LogP contribution in [0.4, 0.5) is 0 Å².